The zero-order valence-electron chi connectivity index (χ0n) is 21.7. The number of phenolic OH excluding ortho intramolecular Hbond substituents is 1. The largest absolute Gasteiger partial charge is 0.507 e. The molecule has 2 unspecified atom stereocenters. The molecule has 40 heavy (non-hydrogen) atoms. The fraction of sp³-hybridized carbons (Fsp3) is 0.276. The second-order valence-electron chi connectivity index (χ2n) is 9.16. The lowest BCUT2D eigenvalue weighted by Gasteiger charge is -2.24. The summed E-state index contributed by atoms with van der Waals surface area (Å²) in [5.74, 6) is -0.751. The highest BCUT2D eigenvalue weighted by Gasteiger charge is 2.37. The van der Waals surface area contributed by atoms with Gasteiger partial charge in [-0.1, -0.05) is 36.0 Å². The number of thioether (sulfide) groups is 1. The van der Waals surface area contributed by atoms with E-state index in [1.807, 2.05) is 0 Å². The molecular formula is C29H28FN3O6S. The van der Waals surface area contributed by atoms with Crippen molar-refractivity contribution in [1.29, 1.82) is 0 Å². The van der Waals surface area contributed by atoms with Gasteiger partial charge in [0.15, 0.2) is 18.1 Å². The van der Waals surface area contributed by atoms with Crippen LogP contribution in [0.5, 0.6) is 17.2 Å². The Morgan fingerprint density at radius 3 is 2.67 bits per heavy atom. The number of phenols is 1. The van der Waals surface area contributed by atoms with Crippen molar-refractivity contribution in [2.75, 3.05) is 26.9 Å². The monoisotopic (exact) mass is 565 g/mol. The topological polar surface area (TPSA) is 110 Å². The number of nitrogens with zero attached hydrogens (tertiary/aromatic N) is 2. The van der Waals surface area contributed by atoms with Crippen LogP contribution in [0.4, 0.5) is 4.39 Å². The van der Waals surface area contributed by atoms with E-state index in [1.54, 1.807) is 42.5 Å². The number of ether oxygens (including phenoxy) is 3. The summed E-state index contributed by atoms with van der Waals surface area (Å²) in [4.78, 5) is 26.0. The molecule has 208 valence electrons. The molecule has 0 saturated carbocycles. The first-order chi connectivity index (χ1) is 19.4. The molecule has 2 aliphatic heterocycles. The van der Waals surface area contributed by atoms with E-state index in [0.29, 0.717) is 40.8 Å². The molecule has 0 aromatic heterocycles. The molecule has 1 saturated heterocycles. The Morgan fingerprint density at radius 2 is 1.95 bits per heavy atom. The van der Waals surface area contributed by atoms with Crippen LogP contribution in [0.15, 0.2) is 71.8 Å². The first kappa shape index (κ1) is 27.5. The number of nitrogens with one attached hydrogen (secondary N) is 1. The Kier molecular flexibility index (Phi) is 8.51. The van der Waals surface area contributed by atoms with E-state index < -0.39 is 17.1 Å². The van der Waals surface area contributed by atoms with Crippen molar-refractivity contribution in [1.82, 2.24) is 10.3 Å². The second-order valence-corrected chi connectivity index (χ2v) is 10.2. The summed E-state index contributed by atoms with van der Waals surface area (Å²) in [6.45, 7) is 0.892. The molecule has 2 aliphatic rings. The van der Waals surface area contributed by atoms with Gasteiger partial charge in [0.2, 0.25) is 0 Å². The van der Waals surface area contributed by atoms with Gasteiger partial charge in [0.05, 0.1) is 18.8 Å². The van der Waals surface area contributed by atoms with Crippen LogP contribution in [0, 0.1) is 5.82 Å². The molecule has 2 N–H and O–H groups in total. The zero-order chi connectivity index (χ0) is 28.1. The molecule has 0 bridgehead atoms. The Labute approximate surface area is 234 Å². The molecule has 9 nitrogen and oxygen atoms in total. The highest BCUT2D eigenvalue weighted by molar-refractivity contribution is 8.14. The minimum absolute atomic E-state index is 0.0177. The van der Waals surface area contributed by atoms with Gasteiger partial charge in [0, 0.05) is 24.3 Å². The average Bonchev–Trinajstić information content (AvgIpc) is 3.66. The maximum absolute atomic E-state index is 13.6. The highest BCUT2D eigenvalue weighted by Crippen LogP contribution is 2.47. The molecule has 11 heteroatoms. The molecule has 0 aliphatic carbocycles. The third-order valence-corrected chi connectivity index (χ3v) is 7.68. The molecule has 2 atom stereocenters. The molecule has 1 fully saturated rings. The predicted octanol–water partition coefficient (Wildman–Crippen LogP) is 4.46. The van der Waals surface area contributed by atoms with Gasteiger partial charge < -0.3 is 24.6 Å². The minimum Gasteiger partial charge on any atom is -0.507 e. The number of halogens is 1. The smallest absolute Gasteiger partial charge is 0.279 e. The summed E-state index contributed by atoms with van der Waals surface area (Å²) < 4.78 is 30.6. The lowest BCUT2D eigenvalue weighted by Crippen LogP contribution is -2.35. The average molecular weight is 566 g/mol. The number of aromatic hydroxyl groups is 1. The summed E-state index contributed by atoms with van der Waals surface area (Å²) in [5, 5.41) is 18.8. The van der Waals surface area contributed by atoms with E-state index in [9.17, 15) is 19.1 Å². The lowest BCUT2D eigenvalue weighted by atomic mass is 10.1. The van der Waals surface area contributed by atoms with Crippen molar-refractivity contribution in [3.63, 3.8) is 0 Å². The van der Waals surface area contributed by atoms with Gasteiger partial charge in [-0.2, -0.15) is 5.10 Å². The Bertz CT molecular complexity index is 1410. The van der Waals surface area contributed by atoms with Crippen LogP contribution in [-0.4, -0.2) is 59.9 Å². The van der Waals surface area contributed by atoms with Gasteiger partial charge in [0.25, 0.3) is 11.8 Å². The summed E-state index contributed by atoms with van der Waals surface area (Å²) in [7, 11) is 1.47. The van der Waals surface area contributed by atoms with Crippen molar-refractivity contribution >= 4 is 28.6 Å². The summed E-state index contributed by atoms with van der Waals surface area (Å²) in [5.41, 5.74) is 1.26. The molecule has 3 aromatic rings. The molecule has 2 amide bonds. The van der Waals surface area contributed by atoms with Gasteiger partial charge in [-0.15, -0.1) is 0 Å². The number of hydrazone groups is 1. The molecule has 3 aromatic carbocycles. The Morgan fingerprint density at radius 1 is 1.15 bits per heavy atom. The van der Waals surface area contributed by atoms with Crippen molar-refractivity contribution in [2.24, 2.45) is 5.10 Å². The van der Waals surface area contributed by atoms with E-state index >= 15 is 0 Å². The van der Waals surface area contributed by atoms with E-state index in [1.165, 1.54) is 48.1 Å². The van der Waals surface area contributed by atoms with Crippen molar-refractivity contribution in [3.05, 3.63) is 89.2 Å². The SMILES string of the molecule is COc1c(OCC(=O)NCC2CCCO2)cccc1C1SC(c2ccc(F)cc2)=NN1C(=O)c1ccccc1O. The van der Waals surface area contributed by atoms with Crippen LogP contribution < -0.4 is 14.8 Å². The van der Waals surface area contributed by atoms with E-state index in [0.717, 1.165) is 12.8 Å². The van der Waals surface area contributed by atoms with Gasteiger partial charge in [-0.05, 0) is 55.3 Å². The number of hydrogen-bond donors (Lipinski definition) is 2. The Hall–Kier alpha value is -4.09. The molecule has 2 heterocycles. The summed E-state index contributed by atoms with van der Waals surface area (Å²) >= 11 is 1.27. The zero-order valence-corrected chi connectivity index (χ0v) is 22.5. The van der Waals surface area contributed by atoms with Gasteiger partial charge in [-0.3, -0.25) is 9.59 Å². The molecule has 0 radical (unpaired) electrons. The van der Waals surface area contributed by atoms with Gasteiger partial charge in [-0.25, -0.2) is 9.40 Å². The Balaban J connectivity index is 1.41. The second kappa shape index (κ2) is 12.4. The lowest BCUT2D eigenvalue weighted by molar-refractivity contribution is -0.123. The third-order valence-electron chi connectivity index (χ3n) is 6.47. The maximum Gasteiger partial charge on any atom is 0.279 e. The van der Waals surface area contributed by atoms with Crippen LogP contribution in [0.3, 0.4) is 0 Å². The minimum atomic E-state index is -0.709. The first-order valence-corrected chi connectivity index (χ1v) is 13.6. The maximum atomic E-state index is 13.6. The van der Waals surface area contributed by atoms with E-state index in [4.69, 9.17) is 14.2 Å². The molecule has 0 spiro atoms. The normalized spacial score (nSPS) is 18.4. The number of benzene rings is 3. The third kappa shape index (κ3) is 6.05. The van der Waals surface area contributed by atoms with Crippen LogP contribution in [0.1, 0.15) is 39.7 Å². The number of para-hydroxylation sites is 2. The number of rotatable bonds is 9. The number of hydrogen-bond acceptors (Lipinski definition) is 8. The summed E-state index contributed by atoms with van der Waals surface area (Å²) in [6.07, 6.45) is 1.91. The van der Waals surface area contributed by atoms with Gasteiger partial charge in [0.1, 0.15) is 22.0 Å². The fourth-order valence-corrected chi connectivity index (χ4v) is 5.63. The number of carbonyl (C=O) groups excluding carboxylic acids is 2. The van der Waals surface area contributed by atoms with Crippen LogP contribution in [-0.2, 0) is 9.53 Å². The quantitative estimate of drug-likeness (QED) is 0.394. The molecule has 5 rings (SSSR count). The van der Waals surface area contributed by atoms with E-state index in [2.05, 4.69) is 10.4 Å². The predicted molar refractivity (Wildman–Crippen MR) is 148 cm³/mol. The summed E-state index contributed by atoms with van der Waals surface area (Å²) in [6, 6.07) is 17.2. The highest BCUT2D eigenvalue weighted by atomic mass is 32.2. The van der Waals surface area contributed by atoms with Gasteiger partial charge >= 0.3 is 0 Å². The van der Waals surface area contributed by atoms with Crippen molar-refractivity contribution in [2.45, 2.75) is 24.3 Å². The number of carbonyl (C=O) groups is 2. The van der Waals surface area contributed by atoms with Crippen LogP contribution in [0.25, 0.3) is 0 Å². The van der Waals surface area contributed by atoms with E-state index in [-0.39, 0.29) is 29.9 Å². The molecular weight excluding hydrogens is 537 g/mol. The van der Waals surface area contributed by atoms with Crippen LogP contribution in [0.2, 0.25) is 0 Å². The first-order valence-electron chi connectivity index (χ1n) is 12.8. The number of amides is 2. The van der Waals surface area contributed by atoms with Crippen molar-refractivity contribution < 1.29 is 33.3 Å². The fourth-order valence-electron chi connectivity index (χ4n) is 4.46. The number of methoxy groups -OCH3 is 1. The standard InChI is InChI=1S/C29H28FN3O6S/c1-37-26-22(8-4-10-24(26)39-17-25(35)31-16-20-6-5-15-38-20)29-33(28(36)21-7-2-3-9-23(21)34)32-27(40-29)18-11-13-19(30)14-12-18/h2-4,7-14,20,29,34H,5-6,15-17H2,1H3,(H,31,35). The van der Waals surface area contributed by atoms with Crippen LogP contribution >= 0.6 is 11.8 Å². The van der Waals surface area contributed by atoms with Crippen molar-refractivity contribution in [3.8, 4) is 17.2 Å².